The van der Waals surface area contributed by atoms with Crippen LogP contribution in [-0.4, -0.2) is 35.5 Å². The Morgan fingerprint density at radius 3 is 2.71 bits per heavy atom. The monoisotopic (exact) mass is 384 g/mol. The summed E-state index contributed by atoms with van der Waals surface area (Å²) in [7, 11) is 1.54. The normalized spacial score (nSPS) is 20.3. The molecule has 2 aromatic rings. The largest absolute Gasteiger partial charge is 0.492 e. The van der Waals surface area contributed by atoms with Gasteiger partial charge in [0.15, 0.2) is 5.75 Å². The van der Waals surface area contributed by atoms with Crippen LogP contribution in [-0.2, 0) is 0 Å². The van der Waals surface area contributed by atoms with Crippen LogP contribution in [0.15, 0.2) is 21.7 Å². The predicted octanol–water partition coefficient (Wildman–Crippen LogP) is 0.288. The zero-order valence-corrected chi connectivity index (χ0v) is 15.8. The van der Waals surface area contributed by atoms with E-state index in [9.17, 15) is 9.59 Å². The summed E-state index contributed by atoms with van der Waals surface area (Å²) < 4.78 is 7.97. The number of fused-ring (bicyclic) bond motifs is 1. The third-order valence-corrected chi connectivity index (χ3v) is 5.83. The molecule has 9 nitrogen and oxygen atoms in total. The van der Waals surface area contributed by atoms with Crippen molar-refractivity contribution in [2.75, 3.05) is 30.9 Å². The van der Waals surface area contributed by atoms with Crippen molar-refractivity contribution in [2.24, 2.45) is 11.7 Å². The molecule has 2 unspecified atom stereocenters. The first-order valence-corrected chi connectivity index (χ1v) is 9.48. The van der Waals surface area contributed by atoms with Crippen LogP contribution in [0.5, 0.6) is 5.75 Å². The highest BCUT2D eigenvalue weighted by Gasteiger charge is 2.33. The molecule has 1 saturated carbocycles. The maximum absolute atomic E-state index is 12.7. The van der Waals surface area contributed by atoms with E-state index in [4.69, 9.17) is 21.6 Å². The minimum Gasteiger partial charge on any atom is -0.492 e. The molecule has 1 aromatic carbocycles. The lowest BCUT2D eigenvalue weighted by atomic mass is 9.98. The molecule has 1 saturated heterocycles. The smallest absolute Gasteiger partial charge is 0.350 e. The van der Waals surface area contributed by atoms with Gasteiger partial charge >= 0.3 is 5.69 Å². The van der Waals surface area contributed by atoms with Gasteiger partial charge in [-0.3, -0.25) is 9.36 Å². The second-order valence-electron chi connectivity index (χ2n) is 7.59. The Kier molecular flexibility index (Phi) is 4.51. The number of nitrogens with zero attached hydrogens (tertiary/aromatic N) is 4. The second-order valence-corrected chi connectivity index (χ2v) is 7.59. The summed E-state index contributed by atoms with van der Waals surface area (Å²) in [6.45, 7) is 1.47. The van der Waals surface area contributed by atoms with Crippen LogP contribution in [0.1, 0.15) is 31.7 Å². The zero-order valence-electron chi connectivity index (χ0n) is 15.8. The maximum Gasteiger partial charge on any atom is 0.350 e. The quantitative estimate of drug-likeness (QED) is 0.708. The number of ether oxygens (including phenoxy) is 1. The van der Waals surface area contributed by atoms with Crippen LogP contribution in [0.3, 0.4) is 0 Å². The number of nitrogens with two attached hydrogens (primary N) is 2. The van der Waals surface area contributed by atoms with E-state index < -0.39 is 11.2 Å². The summed E-state index contributed by atoms with van der Waals surface area (Å²) in [6, 6.07) is 5.54. The molecule has 0 radical (unpaired) electrons. The minimum atomic E-state index is -0.530. The Morgan fingerprint density at radius 2 is 2.07 bits per heavy atom. The fourth-order valence-electron chi connectivity index (χ4n) is 4.15. The van der Waals surface area contributed by atoms with Crippen molar-refractivity contribution in [2.45, 2.75) is 37.8 Å². The number of hydrogen-bond donors (Lipinski definition) is 2. The van der Waals surface area contributed by atoms with Gasteiger partial charge in [-0.2, -0.15) is 9.94 Å². The zero-order chi connectivity index (χ0) is 20.0. The van der Waals surface area contributed by atoms with Crippen molar-refractivity contribution in [1.82, 2.24) is 9.24 Å². The third kappa shape index (κ3) is 2.81. The van der Waals surface area contributed by atoms with Crippen molar-refractivity contribution in [3.63, 3.8) is 0 Å². The van der Waals surface area contributed by atoms with Gasteiger partial charge in [-0.15, -0.1) is 0 Å². The summed E-state index contributed by atoms with van der Waals surface area (Å²) in [5.41, 5.74) is 6.41. The summed E-state index contributed by atoms with van der Waals surface area (Å²) in [5.74, 6) is 6.44. The van der Waals surface area contributed by atoms with Gasteiger partial charge in [0.1, 0.15) is 5.52 Å². The first-order chi connectivity index (χ1) is 13.5. The van der Waals surface area contributed by atoms with Gasteiger partial charge in [-0.25, -0.2) is 4.79 Å². The Hall–Kier alpha value is -2.99. The molecule has 0 bridgehead atoms. The highest BCUT2D eigenvalue weighted by molar-refractivity contribution is 5.90. The lowest BCUT2D eigenvalue weighted by Gasteiger charge is -2.24. The van der Waals surface area contributed by atoms with Crippen LogP contribution >= 0.6 is 0 Å². The molecule has 2 fully saturated rings. The van der Waals surface area contributed by atoms with Gasteiger partial charge in [-0.05, 0) is 37.3 Å². The van der Waals surface area contributed by atoms with Crippen molar-refractivity contribution in [3.05, 3.63) is 33.0 Å². The van der Waals surface area contributed by atoms with Gasteiger partial charge in [-0.1, -0.05) is 0 Å². The number of benzene rings is 1. The van der Waals surface area contributed by atoms with Crippen molar-refractivity contribution < 1.29 is 4.74 Å². The predicted molar refractivity (Wildman–Crippen MR) is 106 cm³/mol. The van der Waals surface area contributed by atoms with E-state index in [1.807, 2.05) is 6.07 Å². The number of hydrogen-bond acceptors (Lipinski definition) is 7. The molecule has 2 heterocycles. The van der Waals surface area contributed by atoms with Crippen molar-refractivity contribution >= 4 is 16.6 Å². The Morgan fingerprint density at radius 1 is 1.32 bits per heavy atom. The lowest BCUT2D eigenvalue weighted by molar-refractivity contribution is 0.415. The van der Waals surface area contributed by atoms with E-state index in [1.54, 1.807) is 17.7 Å². The van der Waals surface area contributed by atoms with E-state index >= 15 is 0 Å². The molecule has 28 heavy (non-hydrogen) atoms. The SMILES string of the molecule is COc1c(N2CCC(C(N)CC#N)C2)ccc2c(=O)n(N)c(=O)n(C3CC3)c12. The number of nitrogen functional groups attached to an aromatic ring is 1. The van der Waals surface area contributed by atoms with Crippen LogP contribution < -0.4 is 32.5 Å². The highest BCUT2D eigenvalue weighted by Crippen LogP contribution is 2.42. The molecule has 0 amide bonds. The van der Waals surface area contributed by atoms with E-state index in [2.05, 4.69) is 11.0 Å². The molecule has 4 N–H and O–H groups in total. The average molecular weight is 384 g/mol. The first kappa shape index (κ1) is 18.4. The number of nitriles is 1. The summed E-state index contributed by atoms with van der Waals surface area (Å²) >= 11 is 0. The van der Waals surface area contributed by atoms with Crippen molar-refractivity contribution in [3.8, 4) is 11.8 Å². The molecule has 1 aliphatic heterocycles. The Bertz CT molecular complexity index is 1080. The van der Waals surface area contributed by atoms with Gasteiger partial charge in [0.05, 0.1) is 30.7 Å². The van der Waals surface area contributed by atoms with Gasteiger partial charge in [0, 0.05) is 25.2 Å². The number of rotatable bonds is 5. The molecule has 148 valence electrons. The number of anilines is 1. The van der Waals surface area contributed by atoms with Crippen molar-refractivity contribution in [1.29, 1.82) is 5.26 Å². The second kappa shape index (κ2) is 6.87. The first-order valence-electron chi connectivity index (χ1n) is 9.48. The fourth-order valence-corrected chi connectivity index (χ4v) is 4.15. The molecule has 9 heteroatoms. The minimum absolute atomic E-state index is 0.0323. The number of methoxy groups -OCH3 is 1. The van der Waals surface area contributed by atoms with E-state index in [1.165, 1.54) is 0 Å². The molecule has 1 aromatic heterocycles. The molecule has 1 aliphatic carbocycles. The van der Waals surface area contributed by atoms with Crippen LogP contribution in [0, 0.1) is 17.2 Å². The van der Waals surface area contributed by atoms with E-state index in [0.29, 0.717) is 34.3 Å². The van der Waals surface area contributed by atoms with Crippen LogP contribution in [0.4, 0.5) is 5.69 Å². The van der Waals surface area contributed by atoms with E-state index in [0.717, 1.165) is 31.5 Å². The third-order valence-electron chi connectivity index (χ3n) is 5.83. The summed E-state index contributed by atoms with van der Waals surface area (Å²) in [4.78, 5) is 27.4. The fraction of sp³-hybridized carbons (Fsp3) is 0.526. The van der Waals surface area contributed by atoms with Gasteiger partial charge < -0.3 is 21.2 Å². The molecule has 2 aliphatic rings. The Balaban J connectivity index is 1.85. The standard InChI is InChI=1S/C19H24N6O3/c1-28-17-15(23-9-7-11(10-23)14(21)6-8-20)5-4-13-16(17)24(12-2-3-12)19(27)25(22)18(13)26/h4-5,11-12,14H,2-3,6-7,9-10,21-22H2,1H3. The van der Waals surface area contributed by atoms with Crippen LogP contribution in [0.2, 0.25) is 0 Å². The Labute approximate surface area is 161 Å². The summed E-state index contributed by atoms with van der Waals surface area (Å²) in [6.07, 6.45) is 2.94. The molecule has 0 spiro atoms. The van der Waals surface area contributed by atoms with Gasteiger partial charge in [0.25, 0.3) is 5.56 Å². The number of aromatic nitrogens is 2. The topological polar surface area (TPSA) is 132 Å². The van der Waals surface area contributed by atoms with Gasteiger partial charge in [0.2, 0.25) is 0 Å². The molecule has 2 atom stereocenters. The van der Waals surface area contributed by atoms with Crippen LogP contribution in [0.25, 0.3) is 10.9 Å². The molecular weight excluding hydrogens is 360 g/mol. The molecule has 4 rings (SSSR count). The highest BCUT2D eigenvalue weighted by atomic mass is 16.5. The molecular formula is C19H24N6O3. The maximum atomic E-state index is 12.7. The average Bonchev–Trinajstić information content (AvgIpc) is 3.40. The van der Waals surface area contributed by atoms with E-state index in [-0.39, 0.29) is 18.0 Å². The summed E-state index contributed by atoms with van der Waals surface area (Å²) in [5, 5.41) is 9.27. The lowest BCUT2D eigenvalue weighted by Crippen LogP contribution is -2.44.